The molecule has 0 saturated carbocycles. The minimum atomic E-state index is -0.530. The Morgan fingerprint density at radius 1 is 0.969 bits per heavy atom. The quantitative estimate of drug-likeness (QED) is 0.676. The van der Waals surface area contributed by atoms with Gasteiger partial charge in [0, 0.05) is 26.2 Å². The number of carbonyl (C=O) groups is 2. The molecule has 0 spiro atoms. The van der Waals surface area contributed by atoms with Crippen LogP contribution in [-0.4, -0.2) is 70.3 Å². The number of likely N-dealkylation sites (tertiary alicyclic amines) is 1. The summed E-state index contributed by atoms with van der Waals surface area (Å²) < 4.78 is 0. The molecule has 4 rings (SSSR count). The molecule has 32 heavy (non-hydrogen) atoms. The van der Waals surface area contributed by atoms with Gasteiger partial charge in [0.15, 0.2) is 0 Å². The summed E-state index contributed by atoms with van der Waals surface area (Å²) >= 11 is 0. The number of carbonyl (C=O) groups excluding carboxylic acids is 2. The van der Waals surface area contributed by atoms with Crippen molar-refractivity contribution in [2.45, 2.75) is 44.8 Å². The lowest BCUT2D eigenvalue weighted by Crippen LogP contribution is -2.42. The predicted molar refractivity (Wildman–Crippen MR) is 122 cm³/mol. The van der Waals surface area contributed by atoms with Gasteiger partial charge in [0.2, 0.25) is 0 Å². The Kier molecular flexibility index (Phi) is 6.72. The third-order valence-electron chi connectivity index (χ3n) is 6.09. The molecule has 8 heteroatoms. The number of hydrogen-bond acceptors (Lipinski definition) is 6. The van der Waals surface area contributed by atoms with Gasteiger partial charge >= 0.3 is 0 Å². The maximum absolute atomic E-state index is 13.1. The van der Waals surface area contributed by atoms with Crippen molar-refractivity contribution in [1.82, 2.24) is 9.88 Å². The second-order valence-corrected chi connectivity index (χ2v) is 8.63. The van der Waals surface area contributed by atoms with Crippen LogP contribution in [-0.2, 0) is 0 Å². The molecule has 0 aliphatic carbocycles. The number of nitrogens with zero attached hydrogens (tertiary/aromatic N) is 3. The molecule has 2 aromatic rings. The maximum Gasteiger partial charge on any atom is 0.257 e. The van der Waals surface area contributed by atoms with Gasteiger partial charge in [0.05, 0.1) is 23.3 Å². The number of aliphatic hydroxyl groups is 2. The Hall–Kier alpha value is -2.97. The number of rotatable bonds is 4. The second-order valence-electron chi connectivity index (χ2n) is 8.63. The number of aryl methyl sites for hydroxylation is 1. The van der Waals surface area contributed by atoms with E-state index in [0.717, 1.165) is 37.2 Å². The SMILES string of the molecule is Cc1ccc(NC(=O)c2ccccc2C(=O)N2CCCC(O)C2)nc1N1CCCC(O)C1. The molecular weight excluding hydrogens is 408 g/mol. The summed E-state index contributed by atoms with van der Waals surface area (Å²) in [4.78, 5) is 34.4. The molecule has 2 aliphatic heterocycles. The van der Waals surface area contributed by atoms with E-state index in [1.54, 1.807) is 35.2 Å². The molecule has 0 bridgehead atoms. The van der Waals surface area contributed by atoms with Gasteiger partial charge in [-0.05, 0) is 56.4 Å². The highest BCUT2D eigenvalue weighted by atomic mass is 16.3. The first kappa shape index (κ1) is 22.2. The molecule has 2 amide bonds. The van der Waals surface area contributed by atoms with Crippen LogP contribution in [0.4, 0.5) is 11.6 Å². The van der Waals surface area contributed by atoms with Crippen LogP contribution in [0.25, 0.3) is 0 Å². The molecule has 1 aromatic heterocycles. The molecule has 2 saturated heterocycles. The minimum absolute atomic E-state index is 0.255. The fourth-order valence-corrected chi connectivity index (χ4v) is 4.42. The molecule has 1 aromatic carbocycles. The van der Waals surface area contributed by atoms with Crippen LogP contribution in [0.2, 0.25) is 0 Å². The number of aromatic nitrogens is 1. The van der Waals surface area contributed by atoms with Crippen molar-refractivity contribution in [3.05, 3.63) is 53.1 Å². The predicted octanol–water partition coefficient (Wildman–Crippen LogP) is 2.20. The standard InChI is InChI=1S/C24H30N4O4/c1-16-10-11-21(25-22(16)27-12-4-6-17(29)14-27)26-23(31)19-8-2-3-9-20(19)24(32)28-13-5-7-18(30)15-28/h2-3,8-11,17-18,29-30H,4-7,12-15H2,1H3,(H,25,26,31). The van der Waals surface area contributed by atoms with E-state index in [-0.39, 0.29) is 24.1 Å². The van der Waals surface area contributed by atoms with Gasteiger partial charge in [-0.2, -0.15) is 0 Å². The highest BCUT2D eigenvalue weighted by Crippen LogP contribution is 2.24. The van der Waals surface area contributed by atoms with Crippen molar-refractivity contribution in [1.29, 1.82) is 0 Å². The van der Waals surface area contributed by atoms with Gasteiger partial charge in [0.25, 0.3) is 11.8 Å². The number of nitrogens with one attached hydrogen (secondary N) is 1. The number of piperidine rings is 2. The first-order valence-corrected chi connectivity index (χ1v) is 11.2. The van der Waals surface area contributed by atoms with E-state index in [4.69, 9.17) is 0 Å². The van der Waals surface area contributed by atoms with E-state index < -0.39 is 12.0 Å². The normalized spacial score (nSPS) is 21.3. The van der Waals surface area contributed by atoms with Gasteiger partial charge in [-0.3, -0.25) is 9.59 Å². The molecule has 3 N–H and O–H groups in total. The van der Waals surface area contributed by atoms with Crippen LogP contribution in [0, 0.1) is 6.92 Å². The lowest BCUT2D eigenvalue weighted by atomic mass is 10.0. The van der Waals surface area contributed by atoms with Crippen molar-refractivity contribution in [3.8, 4) is 0 Å². The van der Waals surface area contributed by atoms with E-state index in [9.17, 15) is 19.8 Å². The van der Waals surface area contributed by atoms with Crippen molar-refractivity contribution in [2.75, 3.05) is 36.4 Å². The van der Waals surface area contributed by atoms with Crippen LogP contribution in [0.15, 0.2) is 36.4 Å². The number of amides is 2. The van der Waals surface area contributed by atoms with Gasteiger partial charge in [-0.15, -0.1) is 0 Å². The van der Waals surface area contributed by atoms with Crippen LogP contribution in [0.1, 0.15) is 52.0 Å². The molecule has 2 atom stereocenters. The summed E-state index contributed by atoms with van der Waals surface area (Å²) in [7, 11) is 0. The van der Waals surface area contributed by atoms with Crippen molar-refractivity contribution >= 4 is 23.5 Å². The number of hydrogen-bond donors (Lipinski definition) is 3. The van der Waals surface area contributed by atoms with Crippen molar-refractivity contribution in [2.24, 2.45) is 0 Å². The Bertz CT molecular complexity index is 996. The summed E-state index contributed by atoms with van der Waals surface area (Å²) in [5.41, 5.74) is 1.55. The van der Waals surface area contributed by atoms with Crippen LogP contribution in [0.5, 0.6) is 0 Å². The average molecular weight is 439 g/mol. The topological polar surface area (TPSA) is 106 Å². The summed E-state index contributed by atoms with van der Waals surface area (Å²) in [6.07, 6.45) is 2.18. The van der Waals surface area contributed by atoms with E-state index >= 15 is 0 Å². The summed E-state index contributed by atoms with van der Waals surface area (Å²) in [6, 6.07) is 10.3. The summed E-state index contributed by atoms with van der Waals surface area (Å²) in [5.74, 6) is 0.473. The lowest BCUT2D eigenvalue weighted by molar-refractivity contribution is 0.0472. The number of benzene rings is 1. The molecule has 2 aliphatic rings. The first-order valence-electron chi connectivity index (χ1n) is 11.2. The third-order valence-corrected chi connectivity index (χ3v) is 6.09. The van der Waals surface area contributed by atoms with E-state index in [2.05, 4.69) is 10.3 Å². The number of aliphatic hydroxyl groups excluding tert-OH is 2. The zero-order chi connectivity index (χ0) is 22.7. The number of β-amino-alcohol motifs (C(OH)–C–C–N with tert-alkyl or cyclic N) is 2. The smallest absolute Gasteiger partial charge is 0.257 e. The Morgan fingerprint density at radius 3 is 2.38 bits per heavy atom. The molecule has 3 heterocycles. The van der Waals surface area contributed by atoms with Gasteiger partial charge in [-0.25, -0.2) is 4.98 Å². The molecular formula is C24H30N4O4. The molecule has 2 fully saturated rings. The molecule has 170 valence electrons. The van der Waals surface area contributed by atoms with Gasteiger partial charge in [0.1, 0.15) is 11.6 Å². The van der Waals surface area contributed by atoms with Gasteiger partial charge in [-0.1, -0.05) is 18.2 Å². The number of anilines is 2. The summed E-state index contributed by atoms with van der Waals surface area (Å²) in [6.45, 7) is 4.12. The van der Waals surface area contributed by atoms with E-state index in [1.165, 1.54) is 0 Å². The Balaban J connectivity index is 1.54. The minimum Gasteiger partial charge on any atom is -0.391 e. The monoisotopic (exact) mass is 438 g/mol. The van der Waals surface area contributed by atoms with Crippen LogP contribution in [0.3, 0.4) is 0 Å². The van der Waals surface area contributed by atoms with Crippen molar-refractivity contribution < 1.29 is 19.8 Å². The highest BCUT2D eigenvalue weighted by molar-refractivity contribution is 6.11. The maximum atomic E-state index is 13.1. The average Bonchev–Trinajstić information content (AvgIpc) is 2.80. The molecule has 0 radical (unpaired) electrons. The lowest BCUT2D eigenvalue weighted by Gasteiger charge is -2.32. The number of pyridine rings is 1. The highest BCUT2D eigenvalue weighted by Gasteiger charge is 2.26. The van der Waals surface area contributed by atoms with Crippen LogP contribution >= 0.6 is 0 Å². The molecule has 8 nitrogen and oxygen atoms in total. The fraction of sp³-hybridized carbons (Fsp3) is 0.458. The van der Waals surface area contributed by atoms with Gasteiger partial charge < -0.3 is 25.3 Å². The van der Waals surface area contributed by atoms with E-state index in [0.29, 0.717) is 30.9 Å². The fourth-order valence-electron chi connectivity index (χ4n) is 4.42. The third kappa shape index (κ3) is 4.92. The van der Waals surface area contributed by atoms with Crippen LogP contribution < -0.4 is 10.2 Å². The second kappa shape index (κ2) is 9.67. The Labute approximate surface area is 187 Å². The van der Waals surface area contributed by atoms with E-state index in [1.807, 2.05) is 17.9 Å². The first-order chi connectivity index (χ1) is 15.4. The Morgan fingerprint density at radius 2 is 1.66 bits per heavy atom. The zero-order valence-corrected chi connectivity index (χ0v) is 18.3. The summed E-state index contributed by atoms with van der Waals surface area (Å²) in [5, 5.41) is 22.8. The zero-order valence-electron chi connectivity index (χ0n) is 18.3. The molecule has 2 unspecified atom stereocenters. The van der Waals surface area contributed by atoms with Crippen molar-refractivity contribution in [3.63, 3.8) is 0 Å². The largest absolute Gasteiger partial charge is 0.391 e.